The highest BCUT2D eigenvalue weighted by Gasteiger charge is 2.10. The first kappa shape index (κ1) is 12.7. The molecule has 94 valence electrons. The zero-order chi connectivity index (χ0) is 13.1. The first-order valence-electron chi connectivity index (χ1n) is 5.07. The van der Waals surface area contributed by atoms with Gasteiger partial charge in [-0.15, -0.1) is 0 Å². The quantitative estimate of drug-likeness (QED) is 0.931. The SMILES string of the molecule is NCc1cnc(Oc2ccc(F)cc2F)c(Cl)c1. The van der Waals surface area contributed by atoms with Crippen LogP contribution in [0.15, 0.2) is 30.5 Å². The van der Waals surface area contributed by atoms with E-state index in [9.17, 15) is 8.78 Å². The molecular formula is C12H9ClF2N2O. The number of nitrogens with two attached hydrogens (primary N) is 1. The fraction of sp³-hybridized carbons (Fsp3) is 0.0833. The monoisotopic (exact) mass is 270 g/mol. The number of pyridine rings is 1. The van der Waals surface area contributed by atoms with Crippen LogP contribution in [0.4, 0.5) is 8.78 Å². The molecule has 0 aliphatic carbocycles. The molecule has 0 atom stereocenters. The number of halogens is 3. The molecule has 2 aromatic rings. The largest absolute Gasteiger partial charge is 0.434 e. The van der Waals surface area contributed by atoms with Crippen LogP contribution in [0.2, 0.25) is 5.02 Å². The number of rotatable bonds is 3. The number of aromatic nitrogens is 1. The maximum absolute atomic E-state index is 13.4. The molecule has 1 aromatic carbocycles. The summed E-state index contributed by atoms with van der Waals surface area (Å²) in [4.78, 5) is 3.91. The maximum Gasteiger partial charge on any atom is 0.238 e. The molecule has 0 radical (unpaired) electrons. The topological polar surface area (TPSA) is 48.1 Å². The van der Waals surface area contributed by atoms with E-state index in [1.165, 1.54) is 12.3 Å². The molecule has 1 aromatic heterocycles. The van der Waals surface area contributed by atoms with Gasteiger partial charge in [0.15, 0.2) is 11.6 Å². The molecule has 0 saturated carbocycles. The van der Waals surface area contributed by atoms with Crippen molar-refractivity contribution in [1.82, 2.24) is 4.98 Å². The van der Waals surface area contributed by atoms with E-state index in [0.29, 0.717) is 0 Å². The van der Waals surface area contributed by atoms with Gasteiger partial charge in [-0.25, -0.2) is 13.8 Å². The number of ether oxygens (including phenoxy) is 1. The Bertz CT molecular complexity index is 578. The molecule has 18 heavy (non-hydrogen) atoms. The summed E-state index contributed by atoms with van der Waals surface area (Å²) in [6.45, 7) is 0.290. The number of hydrogen-bond acceptors (Lipinski definition) is 3. The van der Waals surface area contributed by atoms with Crippen LogP contribution in [0.5, 0.6) is 11.6 Å². The van der Waals surface area contributed by atoms with Gasteiger partial charge < -0.3 is 10.5 Å². The van der Waals surface area contributed by atoms with E-state index in [0.717, 1.165) is 17.7 Å². The van der Waals surface area contributed by atoms with Gasteiger partial charge in [0.1, 0.15) is 10.8 Å². The average Bonchev–Trinajstić information content (AvgIpc) is 2.34. The van der Waals surface area contributed by atoms with Crippen molar-refractivity contribution >= 4 is 11.6 Å². The van der Waals surface area contributed by atoms with Gasteiger partial charge in [0.25, 0.3) is 0 Å². The van der Waals surface area contributed by atoms with Gasteiger partial charge in [0.2, 0.25) is 5.88 Å². The molecule has 3 nitrogen and oxygen atoms in total. The van der Waals surface area contributed by atoms with E-state index in [-0.39, 0.29) is 23.2 Å². The number of benzene rings is 1. The Morgan fingerprint density at radius 1 is 1.28 bits per heavy atom. The summed E-state index contributed by atoms with van der Waals surface area (Å²) >= 11 is 5.90. The van der Waals surface area contributed by atoms with Crippen molar-refractivity contribution in [2.45, 2.75) is 6.54 Å². The lowest BCUT2D eigenvalue weighted by atomic mass is 10.3. The van der Waals surface area contributed by atoms with Gasteiger partial charge in [0.05, 0.1) is 0 Å². The first-order valence-corrected chi connectivity index (χ1v) is 5.45. The van der Waals surface area contributed by atoms with Crippen LogP contribution in [-0.4, -0.2) is 4.98 Å². The molecule has 0 saturated heterocycles. The summed E-state index contributed by atoms with van der Waals surface area (Å²) in [5.41, 5.74) is 6.15. The third-order valence-corrected chi connectivity index (χ3v) is 2.47. The van der Waals surface area contributed by atoms with E-state index >= 15 is 0 Å². The van der Waals surface area contributed by atoms with Crippen LogP contribution < -0.4 is 10.5 Å². The molecule has 0 unspecified atom stereocenters. The zero-order valence-corrected chi connectivity index (χ0v) is 9.92. The molecule has 0 bridgehead atoms. The Balaban J connectivity index is 2.28. The van der Waals surface area contributed by atoms with Crippen LogP contribution in [0, 0.1) is 11.6 Å². The van der Waals surface area contributed by atoms with Crippen molar-refractivity contribution in [2.75, 3.05) is 0 Å². The van der Waals surface area contributed by atoms with Crippen molar-refractivity contribution in [1.29, 1.82) is 0 Å². The van der Waals surface area contributed by atoms with E-state index in [2.05, 4.69) is 4.98 Å². The highest BCUT2D eigenvalue weighted by atomic mass is 35.5. The van der Waals surface area contributed by atoms with Crippen LogP contribution >= 0.6 is 11.6 Å². The van der Waals surface area contributed by atoms with Crippen LogP contribution in [0.1, 0.15) is 5.56 Å². The Morgan fingerprint density at radius 2 is 2.06 bits per heavy atom. The molecule has 0 aliphatic heterocycles. The van der Waals surface area contributed by atoms with Gasteiger partial charge in [-0.1, -0.05) is 11.6 Å². The summed E-state index contributed by atoms with van der Waals surface area (Å²) < 4.78 is 31.2. The van der Waals surface area contributed by atoms with E-state index < -0.39 is 11.6 Å². The molecule has 2 rings (SSSR count). The molecule has 0 amide bonds. The first-order chi connectivity index (χ1) is 8.60. The van der Waals surface area contributed by atoms with Crippen molar-refractivity contribution in [3.8, 4) is 11.6 Å². The van der Waals surface area contributed by atoms with Gasteiger partial charge in [0, 0.05) is 18.8 Å². The predicted octanol–water partition coefficient (Wildman–Crippen LogP) is 3.26. The Kier molecular flexibility index (Phi) is 3.74. The van der Waals surface area contributed by atoms with Crippen LogP contribution in [0.3, 0.4) is 0 Å². The fourth-order valence-electron chi connectivity index (χ4n) is 1.31. The van der Waals surface area contributed by atoms with E-state index in [4.69, 9.17) is 22.1 Å². The summed E-state index contributed by atoms with van der Waals surface area (Å²) in [6.07, 6.45) is 1.47. The minimum atomic E-state index is -0.823. The minimum absolute atomic E-state index is 0.0411. The lowest BCUT2D eigenvalue weighted by Crippen LogP contribution is -1.98. The predicted molar refractivity (Wildman–Crippen MR) is 63.6 cm³/mol. The third kappa shape index (κ3) is 2.75. The number of hydrogen-bond donors (Lipinski definition) is 1. The van der Waals surface area contributed by atoms with Gasteiger partial charge in [-0.3, -0.25) is 0 Å². The lowest BCUT2D eigenvalue weighted by molar-refractivity contribution is 0.423. The molecule has 1 heterocycles. The average molecular weight is 271 g/mol. The van der Waals surface area contributed by atoms with Crippen molar-refractivity contribution < 1.29 is 13.5 Å². The molecule has 0 aliphatic rings. The van der Waals surface area contributed by atoms with Gasteiger partial charge in [-0.2, -0.15) is 0 Å². The van der Waals surface area contributed by atoms with Crippen LogP contribution in [0.25, 0.3) is 0 Å². The molecule has 0 fully saturated rings. The Hall–Kier alpha value is -1.72. The second-order valence-corrected chi connectivity index (χ2v) is 3.92. The molecule has 0 spiro atoms. The molecular weight excluding hydrogens is 262 g/mol. The van der Waals surface area contributed by atoms with Crippen molar-refractivity contribution in [2.24, 2.45) is 5.73 Å². The summed E-state index contributed by atoms with van der Waals surface area (Å²) in [7, 11) is 0. The minimum Gasteiger partial charge on any atom is -0.434 e. The van der Waals surface area contributed by atoms with Crippen LogP contribution in [-0.2, 0) is 6.54 Å². The summed E-state index contributed by atoms with van der Waals surface area (Å²) in [5.74, 6) is -1.61. The second kappa shape index (κ2) is 5.29. The maximum atomic E-state index is 13.4. The second-order valence-electron chi connectivity index (χ2n) is 3.51. The Morgan fingerprint density at radius 3 is 2.67 bits per heavy atom. The number of nitrogens with zero attached hydrogens (tertiary/aromatic N) is 1. The molecule has 2 N–H and O–H groups in total. The lowest BCUT2D eigenvalue weighted by Gasteiger charge is -2.08. The summed E-state index contributed by atoms with van der Waals surface area (Å²) in [6, 6.07) is 4.54. The standard InChI is InChI=1S/C12H9ClF2N2O/c13-9-3-7(5-16)6-17-12(9)18-11-2-1-8(14)4-10(11)15/h1-4,6H,5,16H2. The van der Waals surface area contributed by atoms with E-state index in [1.54, 1.807) is 6.07 Å². The smallest absolute Gasteiger partial charge is 0.238 e. The highest BCUT2D eigenvalue weighted by molar-refractivity contribution is 6.31. The third-order valence-electron chi connectivity index (χ3n) is 2.20. The Labute approximate surface area is 107 Å². The molecule has 6 heteroatoms. The van der Waals surface area contributed by atoms with Crippen molar-refractivity contribution in [3.63, 3.8) is 0 Å². The van der Waals surface area contributed by atoms with Crippen molar-refractivity contribution in [3.05, 3.63) is 52.7 Å². The zero-order valence-electron chi connectivity index (χ0n) is 9.16. The van der Waals surface area contributed by atoms with Gasteiger partial charge in [-0.05, 0) is 23.8 Å². The summed E-state index contributed by atoms with van der Waals surface area (Å²) in [5, 5.41) is 0.210. The fourth-order valence-corrected chi connectivity index (χ4v) is 1.54. The normalized spacial score (nSPS) is 10.4. The highest BCUT2D eigenvalue weighted by Crippen LogP contribution is 2.29. The van der Waals surface area contributed by atoms with Gasteiger partial charge >= 0.3 is 0 Å². The van der Waals surface area contributed by atoms with E-state index in [1.807, 2.05) is 0 Å².